The van der Waals surface area contributed by atoms with Crippen LogP contribution >= 0.6 is 35.3 Å². The lowest BCUT2D eigenvalue weighted by molar-refractivity contribution is 0.588. The first-order valence-electron chi connectivity index (χ1n) is 8.33. The van der Waals surface area contributed by atoms with Crippen LogP contribution in [-0.4, -0.2) is 33.0 Å². The molecule has 0 radical (unpaired) electrons. The normalized spacial score (nSPS) is 11.8. The first-order valence-corrected chi connectivity index (χ1v) is 10.6. The van der Waals surface area contributed by atoms with Crippen LogP contribution in [-0.2, 0) is 23.1 Å². The number of hydrogen-bond acceptors (Lipinski definition) is 5. The molecule has 0 fully saturated rings. The Morgan fingerprint density at radius 3 is 2.37 bits per heavy atom. The van der Waals surface area contributed by atoms with Crippen molar-refractivity contribution in [2.45, 2.75) is 38.8 Å². The number of thiazole rings is 1. The Labute approximate surface area is 182 Å². The number of guanidine groups is 1. The number of aryl methyl sites for hydroxylation is 2. The molecule has 1 aromatic carbocycles. The Morgan fingerprint density at radius 1 is 1.19 bits per heavy atom. The Kier molecular flexibility index (Phi) is 9.63. The van der Waals surface area contributed by atoms with Crippen LogP contribution in [0.4, 0.5) is 0 Å². The summed E-state index contributed by atoms with van der Waals surface area (Å²) >= 11 is 1.68. The third kappa shape index (κ3) is 7.01. The number of aliphatic imine (C=N–C) groups is 1. The van der Waals surface area contributed by atoms with Crippen molar-refractivity contribution in [3.05, 3.63) is 45.4 Å². The van der Waals surface area contributed by atoms with Crippen LogP contribution in [0, 0.1) is 13.8 Å². The SMILES string of the molecule is CCNC(=NCc1ccc(S(=O)(=O)NC)cc1)NCc1sc(C)nc1C.I. The third-order valence-corrected chi connectivity index (χ3v) is 6.19. The van der Waals surface area contributed by atoms with Crippen LogP contribution in [0.2, 0.25) is 0 Å². The zero-order valence-corrected chi connectivity index (χ0v) is 19.8. The van der Waals surface area contributed by atoms with Gasteiger partial charge in [0.2, 0.25) is 10.0 Å². The molecule has 1 heterocycles. The van der Waals surface area contributed by atoms with Gasteiger partial charge in [0.15, 0.2) is 5.96 Å². The first-order chi connectivity index (χ1) is 12.4. The number of benzene rings is 1. The molecule has 0 saturated heterocycles. The van der Waals surface area contributed by atoms with Gasteiger partial charge in [-0.05, 0) is 45.5 Å². The van der Waals surface area contributed by atoms with E-state index in [1.807, 2.05) is 20.8 Å². The van der Waals surface area contributed by atoms with E-state index in [0.717, 1.165) is 22.8 Å². The maximum absolute atomic E-state index is 11.7. The molecular formula is C17H26IN5O2S2. The predicted molar refractivity (Wildman–Crippen MR) is 121 cm³/mol. The molecule has 27 heavy (non-hydrogen) atoms. The van der Waals surface area contributed by atoms with Gasteiger partial charge < -0.3 is 10.6 Å². The Hall–Kier alpha value is -1.24. The fourth-order valence-corrected chi connectivity index (χ4v) is 3.91. The molecule has 0 amide bonds. The molecule has 10 heteroatoms. The molecule has 0 bridgehead atoms. The summed E-state index contributed by atoms with van der Waals surface area (Å²) in [5, 5.41) is 7.57. The van der Waals surface area contributed by atoms with Crippen molar-refractivity contribution in [1.29, 1.82) is 0 Å². The second-order valence-corrected chi connectivity index (χ2v) is 8.82. The number of nitrogens with zero attached hydrogens (tertiary/aromatic N) is 2. The highest BCUT2D eigenvalue weighted by Crippen LogP contribution is 2.16. The van der Waals surface area contributed by atoms with Crippen molar-refractivity contribution in [2.24, 2.45) is 4.99 Å². The van der Waals surface area contributed by atoms with Gasteiger partial charge in [0, 0.05) is 11.4 Å². The maximum atomic E-state index is 11.7. The Bertz CT molecular complexity index is 864. The highest BCUT2D eigenvalue weighted by molar-refractivity contribution is 14.0. The van der Waals surface area contributed by atoms with Crippen LogP contribution < -0.4 is 15.4 Å². The van der Waals surface area contributed by atoms with Gasteiger partial charge in [-0.3, -0.25) is 0 Å². The number of halogens is 1. The summed E-state index contributed by atoms with van der Waals surface area (Å²) in [5.41, 5.74) is 1.97. The van der Waals surface area contributed by atoms with Gasteiger partial charge in [0.1, 0.15) is 0 Å². The number of nitrogens with one attached hydrogen (secondary N) is 3. The van der Waals surface area contributed by atoms with Crippen molar-refractivity contribution in [2.75, 3.05) is 13.6 Å². The van der Waals surface area contributed by atoms with Gasteiger partial charge >= 0.3 is 0 Å². The molecule has 0 aliphatic rings. The molecule has 2 rings (SSSR count). The molecular weight excluding hydrogens is 497 g/mol. The topological polar surface area (TPSA) is 95.5 Å². The highest BCUT2D eigenvalue weighted by atomic mass is 127. The molecule has 0 spiro atoms. The number of aromatic nitrogens is 1. The summed E-state index contributed by atoms with van der Waals surface area (Å²) < 4.78 is 25.8. The van der Waals surface area contributed by atoms with Crippen LogP contribution in [0.3, 0.4) is 0 Å². The molecule has 0 atom stereocenters. The molecule has 7 nitrogen and oxygen atoms in total. The van der Waals surface area contributed by atoms with E-state index < -0.39 is 10.0 Å². The zero-order valence-electron chi connectivity index (χ0n) is 15.9. The van der Waals surface area contributed by atoms with Crippen LogP contribution in [0.25, 0.3) is 0 Å². The van der Waals surface area contributed by atoms with Crippen molar-refractivity contribution >= 4 is 51.3 Å². The molecule has 2 aromatic rings. The van der Waals surface area contributed by atoms with Gasteiger partial charge in [0.05, 0.1) is 28.7 Å². The molecule has 1 aromatic heterocycles. The molecule has 0 aliphatic carbocycles. The van der Waals surface area contributed by atoms with Crippen molar-refractivity contribution < 1.29 is 8.42 Å². The van der Waals surface area contributed by atoms with E-state index in [9.17, 15) is 8.42 Å². The van der Waals surface area contributed by atoms with E-state index in [2.05, 4.69) is 25.3 Å². The fraction of sp³-hybridized carbons (Fsp3) is 0.412. The van der Waals surface area contributed by atoms with Crippen molar-refractivity contribution in [3.8, 4) is 0 Å². The van der Waals surface area contributed by atoms with E-state index in [0.29, 0.717) is 19.0 Å². The molecule has 0 saturated carbocycles. The van der Waals surface area contributed by atoms with Gasteiger partial charge in [-0.15, -0.1) is 35.3 Å². The summed E-state index contributed by atoms with van der Waals surface area (Å²) in [6, 6.07) is 6.71. The van der Waals surface area contributed by atoms with E-state index in [-0.39, 0.29) is 28.9 Å². The minimum absolute atomic E-state index is 0. The smallest absolute Gasteiger partial charge is 0.240 e. The van der Waals surface area contributed by atoms with Crippen LogP contribution in [0.15, 0.2) is 34.2 Å². The quantitative estimate of drug-likeness (QED) is 0.295. The molecule has 0 aliphatic heterocycles. The predicted octanol–water partition coefficient (Wildman–Crippen LogP) is 2.54. The number of hydrogen-bond donors (Lipinski definition) is 3. The van der Waals surface area contributed by atoms with E-state index in [1.165, 1.54) is 11.9 Å². The minimum atomic E-state index is -3.41. The lowest BCUT2D eigenvalue weighted by Gasteiger charge is -2.11. The lowest BCUT2D eigenvalue weighted by Crippen LogP contribution is -2.36. The summed E-state index contributed by atoms with van der Waals surface area (Å²) in [7, 11) is -2.01. The van der Waals surface area contributed by atoms with Gasteiger partial charge in [-0.2, -0.15) is 0 Å². The second kappa shape index (κ2) is 10.9. The molecule has 3 N–H and O–H groups in total. The lowest BCUT2D eigenvalue weighted by atomic mass is 10.2. The van der Waals surface area contributed by atoms with E-state index in [4.69, 9.17) is 0 Å². The van der Waals surface area contributed by atoms with E-state index in [1.54, 1.807) is 35.6 Å². The van der Waals surface area contributed by atoms with Gasteiger partial charge in [-0.25, -0.2) is 23.1 Å². The average Bonchev–Trinajstić information content (AvgIpc) is 2.95. The first kappa shape index (κ1) is 23.8. The summed E-state index contributed by atoms with van der Waals surface area (Å²) in [6.07, 6.45) is 0. The van der Waals surface area contributed by atoms with Crippen LogP contribution in [0.1, 0.15) is 28.1 Å². The van der Waals surface area contributed by atoms with Crippen molar-refractivity contribution in [3.63, 3.8) is 0 Å². The summed E-state index contributed by atoms with van der Waals surface area (Å²) in [5.74, 6) is 0.713. The average molecular weight is 523 g/mol. The maximum Gasteiger partial charge on any atom is 0.240 e. The fourth-order valence-electron chi connectivity index (χ4n) is 2.31. The number of rotatable bonds is 7. The summed E-state index contributed by atoms with van der Waals surface area (Å²) in [6.45, 7) is 7.89. The zero-order chi connectivity index (χ0) is 19.2. The van der Waals surface area contributed by atoms with E-state index >= 15 is 0 Å². The standard InChI is InChI=1S/C17H25N5O2S2.HI/c1-5-19-17(21-11-16-12(2)22-13(3)25-16)20-10-14-6-8-15(9-7-14)26(23,24)18-4;/h6-9,18H,5,10-11H2,1-4H3,(H2,19,20,21);1H. The third-order valence-electron chi connectivity index (χ3n) is 3.68. The monoisotopic (exact) mass is 523 g/mol. The Morgan fingerprint density at radius 2 is 1.85 bits per heavy atom. The largest absolute Gasteiger partial charge is 0.357 e. The highest BCUT2D eigenvalue weighted by Gasteiger charge is 2.10. The minimum Gasteiger partial charge on any atom is -0.357 e. The molecule has 0 unspecified atom stereocenters. The second-order valence-electron chi connectivity index (χ2n) is 5.64. The Balaban J connectivity index is 0.00000364. The van der Waals surface area contributed by atoms with Crippen molar-refractivity contribution in [1.82, 2.24) is 20.3 Å². The molecule has 150 valence electrons. The summed E-state index contributed by atoms with van der Waals surface area (Å²) in [4.78, 5) is 10.4. The van der Waals surface area contributed by atoms with Crippen LogP contribution in [0.5, 0.6) is 0 Å². The number of sulfonamides is 1. The van der Waals surface area contributed by atoms with Gasteiger partial charge in [-0.1, -0.05) is 12.1 Å². The van der Waals surface area contributed by atoms with Gasteiger partial charge in [0.25, 0.3) is 0 Å².